The predicted octanol–water partition coefficient (Wildman–Crippen LogP) is 1.77. The summed E-state index contributed by atoms with van der Waals surface area (Å²) in [5.41, 5.74) is -0.294. The van der Waals surface area contributed by atoms with Gasteiger partial charge in [-0.15, -0.1) is 0 Å². The first-order chi connectivity index (χ1) is 8.04. The number of carboxylic acids is 1. The molecule has 1 aliphatic carbocycles. The van der Waals surface area contributed by atoms with Gasteiger partial charge in [-0.05, 0) is 50.3 Å². The Morgan fingerprint density at radius 1 is 1.53 bits per heavy atom. The van der Waals surface area contributed by atoms with Crippen molar-refractivity contribution in [2.45, 2.75) is 38.3 Å². The number of pyridine rings is 1. The SMILES string of the molecule is CC(NC(C)(C(=O)O)c1ccncc1)C1CC1. The van der Waals surface area contributed by atoms with Gasteiger partial charge in [0.2, 0.25) is 0 Å². The predicted molar refractivity (Wildman–Crippen MR) is 64.5 cm³/mol. The normalized spacial score (nSPS) is 20.6. The number of nitrogens with zero attached hydrogens (tertiary/aromatic N) is 1. The van der Waals surface area contributed by atoms with E-state index in [2.05, 4.69) is 17.2 Å². The standard InChI is InChI=1S/C13H18N2O2/c1-9(10-3-4-10)15-13(2,12(16)17)11-5-7-14-8-6-11/h5-10,15H,3-4H2,1-2H3,(H,16,17). The van der Waals surface area contributed by atoms with Crippen LogP contribution in [0.4, 0.5) is 0 Å². The second-order valence-electron chi connectivity index (χ2n) is 4.94. The number of aromatic nitrogens is 1. The minimum absolute atomic E-state index is 0.226. The summed E-state index contributed by atoms with van der Waals surface area (Å²) in [6.45, 7) is 3.77. The molecule has 1 saturated carbocycles. The van der Waals surface area contributed by atoms with Crippen LogP contribution in [0.3, 0.4) is 0 Å². The summed E-state index contributed by atoms with van der Waals surface area (Å²) < 4.78 is 0. The third kappa shape index (κ3) is 2.47. The number of aliphatic carboxylic acids is 1. The van der Waals surface area contributed by atoms with Gasteiger partial charge in [0.25, 0.3) is 0 Å². The molecule has 0 aromatic carbocycles. The summed E-state index contributed by atoms with van der Waals surface area (Å²) in [7, 11) is 0. The Morgan fingerprint density at radius 2 is 2.12 bits per heavy atom. The van der Waals surface area contributed by atoms with Crippen LogP contribution < -0.4 is 5.32 Å². The molecule has 4 nitrogen and oxygen atoms in total. The van der Waals surface area contributed by atoms with E-state index in [9.17, 15) is 9.90 Å². The molecule has 92 valence electrons. The summed E-state index contributed by atoms with van der Waals surface area (Å²) in [6.07, 6.45) is 5.64. The molecular weight excluding hydrogens is 216 g/mol. The lowest BCUT2D eigenvalue weighted by Crippen LogP contribution is -2.51. The maximum absolute atomic E-state index is 11.5. The largest absolute Gasteiger partial charge is 0.480 e. The minimum Gasteiger partial charge on any atom is -0.480 e. The second-order valence-corrected chi connectivity index (χ2v) is 4.94. The minimum atomic E-state index is -1.04. The lowest BCUT2D eigenvalue weighted by atomic mass is 9.91. The van der Waals surface area contributed by atoms with E-state index in [1.165, 1.54) is 12.8 Å². The molecule has 0 saturated heterocycles. The monoisotopic (exact) mass is 234 g/mol. The topological polar surface area (TPSA) is 62.2 Å². The summed E-state index contributed by atoms with van der Waals surface area (Å²) in [6, 6.07) is 3.73. The smallest absolute Gasteiger partial charge is 0.328 e. The number of hydrogen-bond acceptors (Lipinski definition) is 3. The van der Waals surface area contributed by atoms with Gasteiger partial charge >= 0.3 is 5.97 Å². The Balaban J connectivity index is 2.22. The molecule has 4 heteroatoms. The zero-order valence-corrected chi connectivity index (χ0v) is 10.2. The van der Waals surface area contributed by atoms with E-state index < -0.39 is 11.5 Å². The molecule has 0 spiro atoms. The van der Waals surface area contributed by atoms with Gasteiger partial charge in [-0.25, -0.2) is 4.79 Å². The molecule has 17 heavy (non-hydrogen) atoms. The highest BCUT2D eigenvalue weighted by atomic mass is 16.4. The third-order valence-corrected chi connectivity index (χ3v) is 3.53. The van der Waals surface area contributed by atoms with Crippen molar-refractivity contribution in [1.82, 2.24) is 10.3 Å². The van der Waals surface area contributed by atoms with Crippen LogP contribution in [0.15, 0.2) is 24.5 Å². The van der Waals surface area contributed by atoms with Gasteiger partial charge in [0, 0.05) is 18.4 Å². The lowest BCUT2D eigenvalue weighted by molar-refractivity contribution is -0.145. The molecule has 2 unspecified atom stereocenters. The first kappa shape index (κ1) is 12.0. The highest BCUT2D eigenvalue weighted by molar-refractivity contribution is 5.80. The van der Waals surface area contributed by atoms with Crippen molar-refractivity contribution in [2.24, 2.45) is 5.92 Å². The first-order valence-electron chi connectivity index (χ1n) is 5.95. The molecule has 0 aliphatic heterocycles. The Kier molecular flexibility index (Phi) is 3.15. The van der Waals surface area contributed by atoms with Crippen molar-refractivity contribution in [3.63, 3.8) is 0 Å². The molecular formula is C13H18N2O2. The van der Waals surface area contributed by atoms with E-state index in [1.54, 1.807) is 31.5 Å². The van der Waals surface area contributed by atoms with Crippen LogP contribution in [0.1, 0.15) is 32.3 Å². The number of nitrogens with one attached hydrogen (secondary N) is 1. The molecule has 1 aromatic rings. The quantitative estimate of drug-likeness (QED) is 0.815. The molecule has 0 amide bonds. The van der Waals surface area contributed by atoms with E-state index in [0.29, 0.717) is 5.92 Å². The van der Waals surface area contributed by atoms with E-state index in [4.69, 9.17) is 0 Å². The first-order valence-corrected chi connectivity index (χ1v) is 5.95. The van der Waals surface area contributed by atoms with Crippen molar-refractivity contribution in [1.29, 1.82) is 0 Å². The number of hydrogen-bond donors (Lipinski definition) is 2. The van der Waals surface area contributed by atoms with Crippen molar-refractivity contribution in [3.05, 3.63) is 30.1 Å². The van der Waals surface area contributed by atoms with Gasteiger partial charge in [-0.3, -0.25) is 10.3 Å². The Hall–Kier alpha value is -1.42. The summed E-state index contributed by atoms with van der Waals surface area (Å²) in [4.78, 5) is 15.4. The molecule has 2 atom stereocenters. The van der Waals surface area contributed by atoms with E-state index in [1.807, 2.05) is 0 Å². The van der Waals surface area contributed by atoms with Crippen LogP contribution in [-0.4, -0.2) is 22.1 Å². The third-order valence-electron chi connectivity index (χ3n) is 3.53. The maximum atomic E-state index is 11.5. The Bertz CT molecular complexity index is 403. The Morgan fingerprint density at radius 3 is 2.59 bits per heavy atom. The maximum Gasteiger partial charge on any atom is 0.328 e. The molecule has 1 heterocycles. The molecule has 2 rings (SSSR count). The fraction of sp³-hybridized carbons (Fsp3) is 0.538. The number of carboxylic acid groups (broad SMARTS) is 1. The molecule has 0 bridgehead atoms. The van der Waals surface area contributed by atoms with Gasteiger partial charge in [0.05, 0.1) is 0 Å². The highest BCUT2D eigenvalue weighted by Crippen LogP contribution is 2.34. The van der Waals surface area contributed by atoms with Crippen LogP contribution >= 0.6 is 0 Å². The van der Waals surface area contributed by atoms with Crippen LogP contribution in [0, 0.1) is 5.92 Å². The van der Waals surface area contributed by atoms with Gasteiger partial charge in [0.1, 0.15) is 5.54 Å². The van der Waals surface area contributed by atoms with Gasteiger partial charge in [-0.2, -0.15) is 0 Å². The fourth-order valence-electron chi connectivity index (χ4n) is 2.12. The van der Waals surface area contributed by atoms with Crippen molar-refractivity contribution >= 4 is 5.97 Å². The highest BCUT2D eigenvalue weighted by Gasteiger charge is 2.39. The van der Waals surface area contributed by atoms with Gasteiger partial charge < -0.3 is 5.11 Å². The Labute approximate surface area is 101 Å². The molecule has 1 aliphatic rings. The second kappa shape index (κ2) is 4.45. The van der Waals surface area contributed by atoms with Gasteiger partial charge in [-0.1, -0.05) is 0 Å². The van der Waals surface area contributed by atoms with Crippen molar-refractivity contribution in [2.75, 3.05) is 0 Å². The molecule has 1 fully saturated rings. The summed E-state index contributed by atoms with van der Waals surface area (Å²) >= 11 is 0. The zero-order valence-electron chi connectivity index (χ0n) is 10.2. The van der Waals surface area contributed by atoms with E-state index in [0.717, 1.165) is 5.56 Å². The summed E-state index contributed by atoms with van der Waals surface area (Å²) in [5, 5.41) is 12.7. The van der Waals surface area contributed by atoms with Crippen LogP contribution in [0.25, 0.3) is 0 Å². The molecule has 2 N–H and O–H groups in total. The molecule has 0 radical (unpaired) electrons. The van der Waals surface area contributed by atoms with Gasteiger partial charge in [0.15, 0.2) is 0 Å². The van der Waals surface area contributed by atoms with Crippen LogP contribution in [-0.2, 0) is 10.3 Å². The van der Waals surface area contributed by atoms with Crippen molar-refractivity contribution in [3.8, 4) is 0 Å². The van der Waals surface area contributed by atoms with Crippen LogP contribution in [0.5, 0.6) is 0 Å². The average Bonchev–Trinajstić information content (AvgIpc) is 3.13. The summed E-state index contributed by atoms with van der Waals surface area (Å²) in [5.74, 6) is -0.230. The fourth-order valence-corrected chi connectivity index (χ4v) is 2.12. The van der Waals surface area contributed by atoms with Crippen LogP contribution in [0.2, 0.25) is 0 Å². The van der Waals surface area contributed by atoms with Crippen molar-refractivity contribution < 1.29 is 9.90 Å². The number of carbonyl (C=O) groups is 1. The lowest BCUT2D eigenvalue weighted by Gasteiger charge is -2.30. The average molecular weight is 234 g/mol. The van der Waals surface area contributed by atoms with E-state index >= 15 is 0 Å². The molecule has 1 aromatic heterocycles. The van der Waals surface area contributed by atoms with E-state index in [-0.39, 0.29) is 6.04 Å². The zero-order chi connectivity index (χ0) is 12.5. The number of rotatable bonds is 5.